The number of halogens is 2. The number of carbonyl (C=O) groups is 1. The summed E-state index contributed by atoms with van der Waals surface area (Å²) in [6.07, 6.45) is 4.43. The summed E-state index contributed by atoms with van der Waals surface area (Å²) >= 11 is 0. The van der Waals surface area contributed by atoms with Crippen LogP contribution in [0.3, 0.4) is 0 Å². The van der Waals surface area contributed by atoms with Gasteiger partial charge in [0.2, 0.25) is 10.0 Å². The number of ether oxygens (including phenoxy) is 1. The van der Waals surface area contributed by atoms with Crippen LogP contribution in [0.25, 0.3) is 0 Å². The Morgan fingerprint density at radius 3 is 2.24 bits per heavy atom. The number of urea groups is 1. The molecule has 1 aliphatic heterocycles. The molecule has 1 saturated heterocycles. The van der Waals surface area contributed by atoms with Crippen molar-refractivity contribution in [1.29, 1.82) is 0 Å². The highest BCUT2D eigenvalue weighted by molar-refractivity contribution is 7.92. The predicted octanol–water partition coefficient (Wildman–Crippen LogP) is 6.10. The van der Waals surface area contributed by atoms with Crippen LogP contribution in [0.1, 0.15) is 38.2 Å². The molecule has 1 heterocycles. The van der Waals surface area contributed by atoms with Gasteiger partial charge in [-0.25, -0.2) is 17.6 Å². The fourth-order valence-electron chi connectivity index (χ4n) is 4.68. The van der Waals surface area contributed by atoms with E-state index in [2.05, 4.69) is 14.9 Å². The number of phenolic OH excluding ortho intramolecular Hbond substituents is 1. The fraction of sp³-hybridized carbons (Fsp3) is 0.367. The van der Waals surface area contributed by atoms with Gasteiger partial charge in [-0.1, -0.05) is 25.5 Å². The maximum atomic E-state index is 13.5. The third kappa shape index (κ3) is 9.78. The molecule has 4 rings (SSSR count). The Morgan fingerprint density at radius 2 is 1.67 bits per heavy atom. The summed E-state index contributed by atoms with van der Waals surface area (Å²) < 4.78 is 44.6. The number of rotatable bonds is 11. The van der Waals surface area contributed by atoms with E-state index in [9.17, 15) is 22.7 Å². The molecule has 3 aromatic rings. The van der Waals surface area contributed by atoms with E-state index in [0.717, 1.165) is 57.1 Å². The number of carbonyl (C=O) groups excluding carboxylic acids is 1. The Labute approximate surface area is 253 Å². The Balaban J connectivity index is 0.00000484. The van der Waals surface area contributed by atoms with Gasteiger partial charge in [-0.15, -0.1) is 12.4 Å². The molecule has 0 saturated carbocycles. The van der Waals surface area contributed by atoms with E-state index in [0.29, 0.717) is 29.4 Å². The summed E-state index contributed by atoms with van der Waals surface area (Å²) in [7, 11) is -3.33. The third-order valence-corrected chi connectivity index (χ3v) is 7.47. The number of phenols is 1. The summed E-state index contributed by atoms with van der Waals surface area (Å²) in [5.74, 6) is 0.101. The molecule has 0 aromatic heterocycles. The Morgan fingerprint density at radius 1 is 1.05 bits per heavy atom. The number of hydrogen-bond acceptors (Lipinski definition) is 6. The molecule has 9 nitrogen and oxygen atoms in total. The van der Waals surface area contributed by atoms with E-state index in [1.807, 2.05) is 31.2 Å². The molecule has 1 fully saturated rings. The second kappa shape index (κ2) is 15.1. The van der Waals surface area contributed by atoms with E-state index in [1.165, 1.54) is 18.2 Å². The van der Waals surface area contributed by atoms with E-state index in [4.69, 9.17) is 4.74 Å². The summed E-state index contributed by atoms with van der Waals surface area (Å²) in [5, 5.41) is 12.9. The molecule has 12 heteroatoms. The first-order valence-corrected chi connectivity index (χ1v) is 15.6. The van der Waals surface area contributed by atoms with Crippen LogP contribution in [0, 0.1) is 5.82 Å². The quantitative estimate of drug-likeness (QED) is 0.239. The maximum absolute atomic E-state index is 13.5. The summed E-state index contributed by atoms with van der Waals surface area (Å²) in [5.41, 5.74) is 2.09. The molecule has 42 heavy (non-hydrogen) atoms. The topological polar surface area (TPSA) is 111 Å². The number of sulfonamides is 1. The van der Waals surface area contributed by atoms with Crippen LogP contribution in [-0.4, -0.2) is 56.4 Å². The molecule has 3 aromatic carbocycles. The lowest BCUT2D eigenvalue weighted by molar-refractivity contribution is 0.188. The van der Waals surface area contributed by atoms with Crippen molar-refractivity contribution in [2.45, 2.75) is 45.2 Å². The lowest BCUT2D eigenvalue weighted by Crippen LogP contribution is -2.49. The molecule has 0 spiro atoms. The van der Waals surface area contributed by atoms with Crippen molar-refractivity contribution in [3.05, 3.63) is 78.1 Å². The van der Waals surface area contributed by atoms with Crippen LogP contribution in [-0.2, 0) is 16.6 Å². The number of anilines is 2. The van der Waals surface area contributed by atoms with Crippen molar-refractivity contribution in [2.75, 3.05) is 35.5 Å². The number of nitrogens with one attached hydrogen (secondary N) is 2. The standard InChI is InChI=1S/C30H37FN4O5S.ClH/c1-3-4-17-35(25-9-14-28(31)29(36)20-25)30(37)32-23-15-18-34(19-16-23)21-22-5-10-26(11-6-22)40-27-12-7-24(8-13-27)33-41(2,38)39;/h5-14,20,23,33,36H,3-4,15-19,21H2,1-2H3,(H,32,37);1H. The minimum atomic E-state index is -3.33. The largest absolute Gasteiger partial charge is 0.505 e. The average molecular weight is 621 g/mol. The van der Waals surface area contributed by atoms with Gasteiger partial charge in [-0.3, -0.25) is 14.5 Å². The maximum Gasteiger partial charge on any atom is 0.322 e. The molecule has 0 bridgehead atoms. The number of benzene rings is 3. The number of hydrogen-bond donors (Lipinski definition) is 3. The molecule has 0 aliphatic carbocycles. The van der Waals surface area contributed by atoms with Gasteiger partial charge < -0.3 is 15.2 Å². The summed E-state index contributed by atoms with van der Waals surface area (Å²) in [4.78, 5) is 17.0. The van der Waals surface area contributed by atoms with Gasteiger partial charge >= 0.3 is 6.03 Å². The summed E-state index contributed by atoms with van der Waals surface area (Å²) in [6.45, 7) is 4.98. The molecule has 228 valence electrons. The van der Waals surface area contributed by atoms with Crippen LogP contribution >= 0.6 is 12.4 Å². The smallest absolute Gasteiger partial charge is 0.322 e. The first-order chi connectivity index (χ1) is 19.6. The SMILES string of the molecule is CCCCN(C(=O)NC1CCN(Cc2ccc(Oc3ccc(NS(C)(=O)=O)cc3)cc2)CC1)c1ccc(F)c(O)c1.Cl. The highest BCUT2D eigenvalue weighted by Gasteiger charge is 2.24. The molecular weight excluding hydrogens is 583 g/mol. The van der Waals surface area contributed by atoms with Gasteiger partial charge in [0.1, 0.15) is 11.5 Å². The first kappa shape index (κ1) is 33.0. The van der Waals surface area contributed by atoms with E-state index in [1.54, 1.807) is 29.2 Å². The van der Waals surface area contributed by atoms with Crippen LogP contribution in [0.5, 0.6) is 17.2 Å². The van der Waals surface area contributed by atoms with E-state index >= 15 is 0 Å². The highest BCUT2D eigenvalue weighted by atomic mass is 35.5. The van der Waals surface area contributed by atoms with Gasteiger partial charge in [0.15, 0.2) is 11.6 Å². The Hall–Kier alpha value is -3.54. The van der Waals surface area contributed by atoms with Crippen molar-refractivity contribution in [3.8, 4) is 17.2 Å². The molecule has 0 radical (unpaired) electrons. The van der Waals surface area contributed by atoms with Crippen molar-refractivity contribution in [2.24, 2.45) is 0 Å². The number of nitrogens with zero attached hydrogens (tertiary/aromatic N) is 2. The number of aromatic hydroxyl groups is 1. The van der Waals surface area contributed by atoms with E-state index < -0.39 is 21.6 Å². The van der Waals surface area contributed by atoms with Crippen LogP contribution < -0.4 is 19.7 Å². The minimum Gasteiger partial charge on any atom is -0.505 e. The van der Waals surface area contributed by atoms with Crippen molar-refractivity contribution in [1.82, 2.24) is 10.2 Å². The zero-order valence-corrected chi connectivity index (χ0v) is 25.4. The zero-order chi connectivity index (χ0) is 29.4. The monoisotopic (exact) mass is 620 g/mol. The van der Waals surface area contributed by atoms with Gasteiger partial charge in [-0.05, 0) is 73.4 Å². The molecule has 0 unspecified atom stereocenters. The minimum absolute atomic E-state index is 0. The van der Waals surface area contributed by atoms with Crippen molar-refractivity contribution < 1.29 is 27.4 Å². The van der Waals surface area contributed by atoms with Gasteiger partial charge in [0.25, 0.3) is 0 Å². The number of unbranched alkanes of at least 4 members (excludes halogenated alkanes) is 1. The zero-order valence-electron chi connectivity index (χ0n) is 23.8. The second-order valence-electron chi connectivity index (χ2n) is 10.3. The highest BCUT2D eigenvalue weighted by Crippen LogP contribution is 2.26. The molecule has 3 N–H and O–H groups in total. The summed E-state index contributed by atoms with van der Waals surface area (Å²) in [6, 6.07) is 18.3. The van der Waals surface area contributed by atoms with Gasteiger partial charge in [0, 0.05) is 49.7 Å². The number of amides is 2. The molecule has 1 aliphatic rings. The predicted molar refractivity (Wildman–Crippen MR) is 166 cm³/mol. The molecule has 0 atom stereocenters. The lowest BCUT2D eigenvalue weighted by Gasteiger charge is -2.34. The number of likely N-dealkylation sites (tertiary alicyclic amines) is 1. The van der Waals surface area contributed by atoms with Crippen LogP contribution in [0.15, 0.2) is 66.7 Å². The fourth-order valence-corrected chi connectivity index (χ4v) is 5.25. The van der Waals surface area contributed by atoms with Crippen molar-refractivity contribution >= 4 is 39.8 Å². The normalized spacial score (nSPS) is 14.1. The second-order valence-corrected chi connectivity index (χ2v) is 12.0. The third-order valence-electron chi connectivity index (χ3n) is 6.86. The van der Waals surface area contributed by atoms with Crippen LogP contribution in [0.2, 0.25) is 0 Å². The van der Waals surface area contributed by atoms with E-state index in [-0.39, 0.29) is 24.5 Å². The molecule has 2 amide bonds. The average Bonchev–Trinajstić information content (AvgIpc) is 2.93. The molecular formula is C30H38ClFN4O5S. The lowest BCUT2D eigenvalue weighted by atomic mass is 10.0. The van der Waals surface area contributed by atoms with Gasteiger partial charge in [0.05, 0.1) is 6.26 Å². The van der Waals surface area contributed by atoms with Crippen LogP contribution in [0.4, 0.5) is 20.6 Å². The Bertz CT molecular complexity index is 1420. The van der Waals surface area contributed by atoms with Gasteiger partial charge in [-0.2, -0.15) is 0 Å². The first-order valence-electron chi connectivity index (χ1n) is 13.7. The Kier molecular flexibility index (Phi) is 11.8. The van der Waals surface area contributed by atoms with Crippen molar-refractivity contribution in [3.63, 3.8) is 0 Å². The number of piperidine rings is 1.